The van der Waals surface area contributed by atoms with Gasteiger partial charge in [0.1, 0.15) is 0 Å². The van der Waals surface area contributed by atoms with Crippen LogP contribution in [0, 0.1) is 6.42 Å². The van der Waals surface area contributed by atoms with E-state index in [0.717, 1.165) is 12.8 Å². The summed E-state index contributed by atoms with van der Waals surface area (Å²) in [6.07, 6.45) is 4.54. The van der Waals surface area contributed by atoms with Crippen LogP contribution >= 0.6 is 0 Å². The molecule has 2 aromatic rings. The maximum Gasteiger partial charge on any atom is -0.0152 e. The normalized spacial score (nSPS) is 10.6. The monoisotopic (exact) mass is 183 g/mol. The van der Waals surface area contributed by atoms with Crippen LogP contribution in [-0.4, -0.2) is 0 Å². The van der Waals surface area contributed by atoms with Gasteiger partial charge in [-0.3, -0.25) is 0 Å². The van der Waals surface area contributed by atoms with E-state index in [2.05, 4.69) is 55.8 Å². The Morgan fingerprint density at radius 2 is 1.79 bits per heavy atom. The highest BCUT2D eigenvalue weighted by Gasteiger charge is 1.98. The van der Waals surface area contributed by atoms with Crippen LogP contribution in [0.25, 0.3) is 10.8 Å². The summed E-state index contributed by atoms with van der Waals surface area (Å²) in [5, 5.41) is 2.75. The van der Waals surface area contributed by atoms with Gasteiger partial charge in [0, 0.05) is 0 Å². The third-order valence-electron chi connectivity index (χ3n) is 2.58. The SMILES string of the molecule is C[CH]CCc1cccc2ccccc12. The van der Waals surface area contributed by atoms with Crippen molar-refractivity contribution in [2.24, 2.45) is 0 Å². The standard InChI is InChI=1S/C14H15/c1-2-3-7-12-9-6-10-13-8-4-5-11-14(12)13/h2,4-6,8-11H,3,7H2,1H3. The Bertz CT molecular complexity index is 410. The minimum Gasteiger partial charge on any atom is -0.0622 e. The molecule has 14 heavy (non-hydrogen) atoms. The molecule has 0 fully saturated rings. The zero-order valence-corrected chi connectivity index (χ0v) is 8.53. The molecule has 0 aliphatic heterocycles. The topological polar surface area (TPSA) is 0 Å². The molecule has 0 heterocycles. The van der Waals surface area contributed by atoms with Gasteiger partial charge in [-0.15, -0.1) is 0 Å². The van der Waals surface area contributed by atoms with Gasteiger partial charge in [-0.05, 0) is 35.6 Å². The molecule has 0 spiro atoms. The minimum atomic E-state index is 1.15. The summed E-state index contributed by atoms with van der Waals surface area (Å²) in [7, 11) is 0. The summed E-state index contributed by atoms with van der Waals surface area (Å²) in [5.41, 5.74) is 1.46. The largest absolute Gasteiger partial charge is 0.0622 e. The first-order valence-corrected chi connectivity index (χ1v) is 5.16. The molecule has 0 saturated carbocycles. The van der Waals surface area contributed by atoms with Crippen molar-refractivity contribution in [3.05, 3.63) is 54.4 Å². The molecule has 0 aromatic heterocycles. The van der Waals surface area contributed by atoms with Crippen molar-refractivity contribution in [1.82, 2.24) is 0 Å². The average Bonchev–Trinajstić information content (AvgIpc) is 2.26. The highest BCUT2D eigenvalue weighted by molar-refractivity contribution is 5.85. The second kappa shape index (κ2) is 4.28. The van der Waals surface area contributed by atoms with Gasteiger partial charge in [0.15, 0.2) is 0 Å². The van der Waals surface area contributed by atoms with Gasteiger partial charge in [0.2, 0.25) is 0 Å². The van der Waals surface area contributed by atoms with Crippen LogP contribution in [0.3, 0.4) is 0 Å². The van der Waals surface area contributed by atoms with Crippen LogP contribution in [0.2, 0.25) is 0 Å². The fourth-order valence-electron chi connectivity index (χ4n) is 1.81. The van der Waals surface area contributed by atoms with Gasteiger partial charge < -0.3 is 0 Å². The molecule has 2 rings (SSSR count). The molecule has 0 aliphatic carbocycles. The first kappa shape index (κ1) is 9.26. The van der Waals surface area contributed by atoms with Gasteiger partial charge in [-0.25, -0.2) is 0 Å². The van der Waals surface area contributed by atoms with E-state index in [9.17, 15) is 0 Å². The van der Waals surface area contributed by atoms with Crippen molar-refractivity contribution in [3.63, 3.8) is 0 Å². The number of fused-ring (bicyclic) bond motifs is 1. The van der Waals surface area contributed by atoms with E-state index in [0.29, 0.717) is 0 Å². The van der Waals surface area contributed by atoms with Gasteiger partial charge >= 0.3 is 0 Å². The van der Waals surface area contributed by atoms with E-state index >= 15 is 0 Å². The lowest BCUT2D eigenvalue weighted by molar-refractivity contribution is 0.944. The van der Waals surface area contributed by atoms with Crippen LogP contribution in [0.1, 0.15) is 18.9 Å². The highest BCUT2D eigenvalue weighted by atomic mass is 14.0. The fourth-order valence-corrected chi connectivity index (χ4v) is 1.81. The third-order valence-corrected chi connectivity index (χ3v) is 2.58. The molecule has 0 unspecified atom stereocenters. The lowest BCUT2D eigenvalue weighted by Gasteiger charge is -2.04. The van der Waals surface area contributed by atoms with E-state index in [1.807, 2.05) is 0 Å². The predicted octanol–water partition coefficient (Wildman–Crippen LogP) is 4.00. The number of hydrogen-bond acceptors (Lipinski definition) is 0. The lowest BCUT2D eigenvalue weighted by Crippen LogP contribution is -1.86. The van der Waals surface area contributed by atoms with E-state index in [1.54, 1.807) is 0 Å². The fraction of sp³-hybridized carbons (Fsp3) is 0.214. The Balaban J connectivity index is 2.43. The first-order valence-electron chi connectivity index (χ1n) is 5.16. The summed E-state index contributed by atoms with van der Waals surface area (Å²) in [5.74, 6) is 0. The Morgan fingerprint density at radius 3 is 2.64 bits per heavy atom. The van der Waals surface area contributed by atoms with Gasteiger partial charge in [0.05, 0.1) is 0 Å². The molecular formula is C14H15. The van der Waals surface area contributed by atoms with Crippen LogP contribution < -0.4 is 0 Å². The van der Waals surface area contributed by atoms with Gasteiger partial charge in [-0.2, -0.15) is 0 Å². The molecule has 2 aromatic carbocycles. The molecule has 0 aliphatic rings. The van der Waals surface area contributed by atoms with Crippen LogP contribution in [0.5, 0.6) is 0 Å². The van der Waals surface area contributed by atoms with Gasteiger partial charge in [-0.1, -0.05) is 49.4 Å². The van der Waals surface area contributed by atoms with E-state index in [-0.39, 0.29) is 0 Å². The van der Waals surface area contributed by atoms with Crippen molar-refractivity contribution in [1.29, 1.82) is 0 Å². The molecule has 0 N–H and O–H groups in total. The molecule has 0 saturated heterocycles. The lowest BCUT2D eigenvalue weighted by atomic mass is 10.0. The van der Waals surface area contributed by atoms with E-state index in [4.69, 9.17) is 0 Å². The molecule has 0 amide bonds. The van der Waals surface area contributed by atoms with Gasteiger partial charge in [0.25, 0.3) is 0 Å². The number of aryl methyl sites for hydroxylation is 1. The highest BCUT2D eigenvalue weighted by Crippen LogP contribution is 2.19. The summed E-state index contributed by atoms with van der Waals surface area (Å²) < 4.78 is 0. The molecule has 0 bridgehead atoms. The number of unbranched alkanes of at least 4 members (excludes halogenated alkanes) is 1. The molecule has 71 valence electrons. The maximum atomic E-state index is 2.23. The zero-order valence-electron chi connectivity index (χ0n) is 8.53. The summed E-state index contributed by atoms with van der Waals surface area (Å²) in [6.45, 7) is 2.12. The van der Waals surface area contributed by atoms with Crippen LogP contribution in [0.4, 0.5) is 0 Å². The second-order valence-corrected chi connectivity index (χ2v) is 3.59. The number of benzene rings is 2. The minimum absolute atomic E-state index is 1.15. The third kappa shape index (κ3) is 1.79. The molecule has 0 heteroatoms. The summed E-state index contributed by atoms with van der Waals surface area (Å²) >= 11 is 0. The summed E-state index contributed by atoms with van der Waals surface area (Å²) in [4.78, 5) is 0. The Labute approximate surface area is 85.6 Å². The van der Waals surface area contributed by atoms with E-state index < -0.39 is 0 Å². The quantitative estimate of drug-likeness (QED) is 0.674. The Morgan fingerprint density at radius 1 is 1.00 bits per heavy atom. The van der Waals surface area contributed by atoms with Crippen molar-refractivity contribution in [2.45, 2.75) is 19.8 Å². The van der Waals surface area contributed by atoms with Crippen molar-refractivity contribution >= 4 is 10.8 Å². The zero-order chi connectivity index (χ0) is 9.80. The molecule has 1 radical (unpaired) electrons. The number of hydrogen-bond donors (Lipinski definition) is 0. The Kier molecular flexibility index (Phi) is 2.83. The van der Waals surface area contributed by atoms with Crippen molar-refractivity contribution < 1.29 is 0 Å². The molecule has 0 nitrogen and oxygen atoms in total. The molecule has 0 atom stereocenters. The average molecular weight is 183 g/mol. The van der Waals surface area contributed by atoms with Crippen molar-refractivity contribution in [2.75, 3.05) is 0 Å². The first-order chi connectivity index (χ1) is 6.92. The second-order valence-electron chi connectivity index (χ2n) is 3.59. The van der Waals surface area contributed by atoms with E-state index in [1.165, 1.54) is 16.3 Å². The summed E-state index contributed by atoms with van der Waals surface area (Å²) in [6, 6.07) is 15.1. The van der Waals surface area contributed by atoms with Crippen LogP contribution in [0.15, 0.2) is 42.5 Å². The molecular weight excluding hydrogens is 168 g/mol. The van der Waals surface area contributed by atoms with Crippen molar-refractivity contribution in [3.8, 4) is 0 Å². The van der Waals surface area contributed by atoms with Crippen LogP contribution in [-0.2, 0) is 6.42 Å². The maximum absolute atomic E-state index is 2.23. The Hall–Kier alpha value is -1.30. The predicted molar refractivity (Wildman–Crippen MR) is 62.2 cm³/mol. The number of rotatable bonds is 3. The smallest absolute Gasteiger partial charge is 0.0152 e.